The van der Waals surface area contributed by atoms with E-state index in [-0.39, 0.29) is 5.69 Å². The molecule has 0 spiro atoms. The summed E-state index contributed by atoms with van der Waals surface area (Å²) in [6.07, 6.45) is -0.652. The number of anilines is 1. The second-order valence-electron chi connectivity index (χ2n) is 6.87. The number of nitrogens with zero attached hydrogens (tertiary/aromatic N) is 4. The molecule has 0 bridgehead atoms. The van der Waals surface area contributed by atoms with Crippen molar-refractivity contribution in [2.45, 2.75) is 18.3 Å². The number of nitrogens with one attached hydrogen (secondary N) is 1. The van der Waals surface area contributed by atoms with E-state index in [0.29, 0.717) is 28.3 Å². The number of nitro benzene ring substituents is 1. The summed E-state index contributed by atoms with van der Waals surface area (Å²) >= 11 is 1.48. The minimum atomic E-state index is -0.652. The molecular formula is C22H17N5O4S. The maximum Gasteiger partial charge on any atom is 0.269 e. The molecule has 0 amide bonds. The topological polar surface area (TPSA) is 116 Å². The zero-order valence-electron chi connectivity index (χ0n) is 16.9. The molecule has 3 heterocycles. The van der Waals surface area contributed by atoms with Gasteiger partial charge in [0.2, 0.25) is 17.3 Å². The number of rotatable bonds is 5. The summed E-state index contributed by atoms with van der Waals surface area (Å²) in [5.74, 6) is 2.28. The van der Waals surface area contributed by atoms with Gasteiger partial charge in [-0.3, -0.25) is 10.1 Å². The van der Waals surface area contributed by atoms with E-state index in [1.807, 2.05) is 31.2 Å². The first-order valence-electron chi connectivity index (χ1n) is 9.87. The number of nitro groups is 1. The van der Waals surface area contributed by atoms with Crippen LogP contribution in [0.25, 0.3) is 22.6 Å². The lowest BCUT2D eigenvalue weighted by atomic mass is 10.1. The number of benzene rings is 2. The van der Waals surface area contributed by atoms with Gasteiger partial charge >= 0.3 is 0 Å². The first kappa shape index (κ1) is 20.0. The van der Waals surface area contributed by atoms with Crippen molar-refractivity contribution in [2.75, 3.05) is 11.1 Å². The van der Waals surface area contributed by atoms with Crippen molar-refractivity contribution in [3.05, 3.63) is 76.5 Å². The molecule has 0 radical (unpaired) electrons. The van der Waals surface area contributed by atoms with Gasteiger partial charge in [-0.25, -0.2) is 0 Å². The Balaban J connectivity index is 1.51. The Bertz CT molecular complexity index is 1290. The minimum Gasteiger partial charge on any atom is -0.455 e. The van der Waals surface area contributed by atoms with Crippen molar-refractivity contribution >= 4 is 23.1 Å². The molecule has 2 aromatic heterocycles. The molecule has 10 heteroatoms. The Hall–Kier alpha value is -3.92. The van der Waals surface area contributed by atoms with Crippen molar-refractivity contribution < 1.29 is 14.1 Å². The molecule has 0 fully saturated rings. The third kappa shape index (κ3) is 3.76. The number of ether oxygens (including phenoxy) is 1. The molecule has 1 aliphatic heterocycles. The molecule has 2 aromatic carbocycles. The molecular weight excluding hydrogens is 430 g/mol. The van der Waals surface area contributed by atoms with E-state index in [4.69, 9.17) is 9.15 Å². The van der Waals surface area contributed by atoms with Gasteiger partial charge in [0, 0.05) is 28.9 Å². The van der Waals surface area contributed by atoms with E-state index in [2.05, 4.69) is 20.5 Å². The molecule has 1 atom stereocenters. The third-order valence-electron chi connectivity index (χ3n) is 4.85. The van der Waals surface area contributed by atoms with Crippen molar-refractivity contribution in [3.63, 3.8) is 0 Å². The number of non-ortho nitro benzene ring substituents is 1. The Morgan fingerprint density at radius 1 is 1.09 bits per heavy atom. The van der Waals surface area contributed by atoms with Crippen molar-refractivity contribution in [3.8, 4) is 28.5 Å². The maximum absolute atomic E-state index is 10.9. The lowest BCUT2D eigenvalue weighted by Crippen LogP contribution is -2.16. The van der Waals surface area contributed by atoms with E-state index >= 15 is 0 Å². The summed E-state index contributed by atoms with van der Waals surface area (Å²) in [6, 6.07) is 17.5. The molecule has 0 saturated heterocycles. The largest absolute Gasteiger partial charge is 0.455 e. The molecule has 4 aromatic rings. The molecule has 0 aliphatic carbocycles. The average molecular weight is 447 g/mol. The van der Waals surface area contributed by atoms with Gasteiger partial charge in [0.05, 0.1) is 4.92 Å². The van der Waals surface area contributed by atoms with Crippen LogP contribution in [-0.2, 0) is 0 Å². The van der Waals surface area contributed by atoms with E-state index in [9.17, 15) is 10.1 Å². The summed E-state index contributed by atoms with van der Waals surface area (Å²) in [5.41, 5.74) is 2.95. The van der Waals surface area contributed by atoms with Crippen LogP contribution in [0.3, 0.4) is 0 Å². The Labute approximate surface area is 187 Å². The predicted molar refractivity (Wildman–Crippen MR) is 119 cm³/mol. The Kier molecular flexibility index (Phi) is 5.20. The second kappa shape index (κ2) is 8.31. The normalized spacial score (nSPS) is 14.5. The number of para-hydroxylation sites is 1. The van der Waals surface area contributed by atoms with Crippen LogP contribution in [0.15, 0.2) is 70.2 Å². The number of hydrogen-bond donors (Lipinski definition) is 1. The highest BCUT2D eigenvalue weighted by atomic mass is 32.2. The van der Waals surface area contributed by atoms with Gasteiger partial charge in [-0.05, 0) is 36.1 Å². The molecule has 0 saturated carbocycles. The van der Waals surface area contributed by atoms with Crippen LogP contribution in [0.2, 0.25) is 0 Å². The van der Waals surface area contributed by atoms with Crippen molar-refractivity contribution in [2.24, 2.45) is 0 Å². The van der Waals surface area contributed by atoms with Gasteiger partial charge < -0.3 is 14.5 Å². The molecule has 1 aliphatic rings. The molecule has 5 rings (SSSR count). The average Bonchev–Trinajstić information content (AvgIpc) is 3.24. The van der Waals surface area contributed by atoms with Crippen LogP contribution < -0.4 is 10.1 Å². The third-order valence-corrected chi connectivity index (χ3v) is 5.57. The first-order chi connectivity index (χ1) is 15.6. The van der Waals surface area contributed by atoms with Gasteiger partial charge in [0.25, 0.3) is 5.69 Å². The number of hydrogen-bond acceptors (Lipinski definition) is 9. The maximum atomic E-state index is 10.9. The zero-order valence-corrected chi connectivity index (χ0v) is 17.7. The van der Waals surface area contributed by atoms with Crippen LogP contribution in [0, 0.1) is 10.1 Å². The fourth-order valence-electron chi connectivity index (χ4n) is 3.36. The highest BCUT2D eigenvalue weighted by Crippen LogP contribution is 2.40. The van der Waals surface area contributed by atoms with Crippen molar-refractivity contribution in [1.82, 2.24) is 15.2 Å². The first-order valence-corrected chi connectivity index (χ1v) is 10.9. The predicted octanol–water partition coefficient (Wildman–Crippen LogP) is 5.32. The van der Waals surface area contributed by atoms with Gasteiger partial charge in [-0.2, -0.15) is 4.98 Å². The van der Waals surface area contributed by atoms with Gasteiger partial charge in [0.1, 0.15) is 5.76 Å². The summed E-state index contributed by atoms with van der Waals surface area (Å²) in [4.78, 5) is 15.0. The lowest BCUT2D eigenvalue weighted by Gasteiger charge is -2.16. The van der Waals surface area contributed by atoms with Crippen LogP contribution in [0.4, 0.5) is 11.4 Å². The SMILES string of the molecule is CCSc1nnc2c(n1)O[C@H](c1ccc(-c3ccc([N+](=O)[O-])cc3)o1)Nc1ccccc1-2. The summed E-state index contributed by atoms with van der Waals surface area (Å²) < 4.78 is 12.2. The molecule has 9 nitrogen and oxygen atoms in total. The van der Waals surface area contributed by atoms with Gasteiger partial charge in [-0.15, -0.1) is 10.2 Å². The van der Waals surface area contributed by atoms with E-state index < -0.39 is 11.2 Å². The molecule has 0 unspecified atom stereocenters. The van der Waals surface area contributed by atoms with Gasteiger partial charge in [-0.1, -0.05) is 36.9 Å². The minimum absolute atomic E-state index is 0.0236. The van der Waals surface area contributed by atoms with E-state index in [1.165, 1.54) is 23.9 Å². The van der Waals surface area contributed by atoms with Crippen molar-refractivity contribution in [1.29, 1.82) is 0 Å². The Morgan fingerprint density at radius 2 is 1.91 bits per heavy atom. The second-order valence-corrected chi connectivity index (χ2v) is 8.11. The van der Waals surface area contributed by atoms with Crippen LogP contribution >= 0.6 is 11.8 Å². The summed E-state index contributed by atoms with van der Waals surface area (Å²) in [7, 11) is 0. The molecule has 1 N–H and O–H groups in total. The highest BCUT2D eigenvalue weighted by Gasteiger charge is 2.28. The number of thioether (sulfide) groups is 1. The van der Waals surface area contributed by atoms with Crippen LogP contribution in [0.1, 0.15) is 18.9 Å². The van der Waals surface area contributed by atoms with E-state index in [1.54, 1.807) is 24.3 Å². The van der Waals surface area contributed by atoms with E-state index in [0.717, 1.165) is 22.6 Å². The summed E-state index contributed by atoms with van der Waals surface area (Å²) in [6.45, 7) is 2.02. The number of aromatic nitrogens is 3. The number of fused-ring (bicyclic) bond motifs is 3. The summed E-state index contributed by atoms with van der Waals surface area (Å²) in [5, 5.41) is 23.3. The fraction of sp³-hybridized carbons (Fsp3) is 0.136. The smallest absolute Gasteiger partial charge is 0.269 e. The Morgan fingerprint density at radius 3 is 2.69 bits per heavy atom. The zero-order chi connectivity index (χ0) is 22.1. The lowest BCUT2D eigenvalue weighted by molar-refractivity contribution is -0.384. The quantitative estimate of drug-likeness (QED) is 0.246. The van der Waals surface area contributed by atoms with Crippen LogP contribution in [-0.4, -0.2) is 25.9 Å². The fourth-order valence-corrected chi connectivity index (χ4v) is 3.87. The number of furan rings is 1. The van der Waals surface area contributed by atoms with Gasteiger partial charge in [0.15, 0.2) is 11.5 Å². The van der Waals surface area contributed by atoms with Crippen LogP contribution in [0.5, 0.6) is 5.88 Å². The standard InChI is InChI=1S/C22H17N5O4S/c1-2-32-22-24-21-19(25-26-22)15-5-3-4-6-16(15)23-20(31-21)18-12-11-17(30-18)13-7-9-14(10-8-13)27(28)29/h3-12,20,23H,2H2,1H3/t20-/m1/s1. The monoisotopic (exact) mass is 447 g/mol. The molecule has 160 valence electrons. The highest BCUT2D eigenvalue weighted by molar-refractivity contribution is 7.99. The molecule has 32 heavy (non-hydrogen) atoms.